The van der Waals surface area contributed by atoms with Crippen LogP contribution in [0, 0.1) is 26.7 Å². The van der Waals surface area contributed by atoms with Crippen LogP contribution in [-0.4, -0.2) is 35.8 Å². The van der Waals surface area contributed by atoms with Crippen molar-refractivity contribution in [1.82, 2.24) is 14.9 Å². The standard InChI is InChI=1S/C26H35N3O4/c1-7-8-9-21-18(4)29(17(3)20-10-12-33-13-11-20)19(5)24(21)26(31)27-15-22-23(32-6)14-16(2)28-25(22)30/h7-9,14,17,20H,1,10-13,15H2,2-6H3,(H,27,31)(H,28,30)/b9-8-/t17-/m0/s1. The number of nitrogens with one attached hydrogen (secondary N) is 2. The lowest BCUT2D eigenvalue weighted by Crippen LogP contribution is -2.28. The number of methoxy groups -OCH3 is 1. The van der Waals surface area contributed by atoms with E-state index in [9.17, 15) is 9.59 Å². The van der Waals surface area contributed by atoms with Crippen molar-refractivity contribution in [3.8, 4) is 5.75 Å². The van der Waals surface area contributed by atoms with Crippen molar-refractivity contribution in [2.75, 3.05) is 20.3 Å². The summed E-state index contributed by atoms with van der Waals surface area (Å²) in [6.45, 7) is 13.4. The molecule has 0 bridgehead atoms. The van der Waals surface area contributed by atoms with Gasteiger partial charge < -0.3 is 24.3 Å². The molecular weight excluding hydrogens is 418 g/mol. The highest BCUT2D eigenvalue weighted by Gasteiger charge is 2.28. The molecule has 0 unspecified atom stereocenters. The van der Waals surface area contributed by atoms with E-state index in [0.29, 0.717) is 28.5 Å². The van der Waals surface area contributed by atoms with E-state index in [1.165, 1.54) is 7.11 Å². The fraction of sp³-hybridized carbons (Fsp3) is 0.462. The zero-order valence-corrected chi connectivity index (χ0v) is 20.3. The van der Waals surface area contributed by atoms with E-state index in [2.05, 4.69) is 35.3 Å². The Bertz CT molecular complexity index is 1100. The highest BCUT2D eigenvalue weighted by molar-refractivity contribution is 5.99. The van der Waals surface area contributed by atoms with E-state index >= 15 is 0 Å². The third-order valence-electron chi connectivity index (χ3n) is 6.60. The second kappa shape index (κ2) is 10.7. The number of rotatable bonds is 8. The van der Waals surface area contributed by atoms with Crippen LogP contribution >= 0.6 is 0 Å². The number of nitrogens with zero attached hydrogens (tertiary/aromatic N) is 1. The lowest BCUT2D eigenvalue weighted by molar-refractivity contribution is 0.0508. The smallest absolute Gasteiger partial charge is 0.256 e. The summed E-state index contributed by atoms with van der Waals surface area (Å²) in [4.78, 5) is 28.6. The maximum atomic E-state index is 13.4. The minimum Gasteiger partial charge on any atom is -0.496 e. The highest BCUT2D eigenvalue weighted by Crippen LogP contribution is 2.34. The van der Waals surface area contributed by atoms with E-state index in [-0.39, 0.29) is 24.1 Å². The normalized spacial score (nSPS) is 15.5. The molecule has 7 heteroatoms. The van der Waals surface area contributed by atoms with E-state index in [0.717, 1.165) is 43.0 Å². The van der Waals surface area contributed by atoms with Gasteiger partial charge in [0.15, 0.2) is 0 Å². The number of aromatic amines is 1. The lowest BCUT2D eigenvalue weighted by Gasteiger charge is -2.30. The minimum absolute atomic E-state index is 0.0709. The Morgan fingerprint density at radius 3 is 2.67 bits per heavy atom. The van der Waals surface area contributed by atoms with Gasteiger partial charge in [0.05, 0.1) is 24.8 Å². The molecule has 33 heavy (non-hydrogen) atoms. The van der Waals surface area contributed by atoms with E-state index < -0.39 is 0 Å². The Labute approximate surface area is 195 Å². The van der Waals surface area contributed by atoms with Crippen LogP contribution in [0.1, 0.15) is 64.4 Å². The summed E-state index contributed by atoms with van der Waals surface area (Å²) in [6, 6.07) is 1.99. The first-order valence-electron chi connectivity index (χ1n) is 11.4. The molecule has 1 aliphatic heterocycles. The Hall–Kier alpha value is -3.06. The molecule has 0 radical (unpaired) electrons. The largest absolute Gasteiger partial charge is 0.496 e. The van der Waals surface area contributed by atoms with Gasteiger partial charge in [-0.05, 0) is 52.5 Å². The van der Waals surface area contributed by atoms with Crippen LogP contribution in [0.4, 0.5) is 0 Å². The Morgan fingerprint density at radius 2 is 2.03 bits per heavy atom. The van der Waals surface area contributed by atoms with Crippen LogP contribution < -0.4 is 15.6 Å². The van der Waals surface area contributed by atoms with Gasteiger partial charge in [-0.3, -0.25) is 9.59 Å². The molecule has 1 atom stereocenters. The van der Waals surface area contributed by atoms with Gasteiger partial charge >= 0.3 is 0 Å². The van der Waals surface area contributed by atoms with E-state index in [4.69, 9.17) is 9.47 Å². The number of hydrogen-bond donors (Lipinski definition) is 2. The van der Waals surface area contributed by atoms with Crippen LogP contribution in [0.3, 0.4) is 0 Å². The van der Waals surface area contributed by atoms with E-state index in [1.807, 2.05) is 19.1 Å². The molecule has 1 fully saturated rings. The fourth-order valence-electron chi connectivity index (χ4n) is 4.85. The summed E-state index contributed by atoms with van der Waals surface area (Å²) < 4.78 is 13.2. The van der Waals surface area contributed by atoms with Gasteiger partial charge in [-0.15, -0.1) is 0 Å². The molecule has 0 aromatic carbocycles. The first-order chi connectivity index (χ1) is 15.8. The Balaban J connectivity index is 1.96. The highest BCUT2D eigenvalue weighted by atomic mass is 16.5. The number of carbonyl (C=O) groups is 1. The van der Waals surface area contributed by atoms with Gasteiger partial charge in [0.1, 0.15) is 5.75 Å². The van der Waals surface area contributed by atoms with Crippen molar-refractivity contribution >= 4 is 12.0 Å². The topological polar surface area (TPSA) is 85.4 Å². The first-order valence-corrected chi connectivity index (χ1v) is 11.4. The molecule has 1 saturated heterocycles. The number of ether oxygens (including phenoxy) is 2. The molecule has 2 aromatic heterocycles. The second-order valence-electron chi connectivity index (χ2n) is 8.63. The fourth-order valence-corrected chi connectivity index (χ4v) is 4.85. The predicted molar refractivity (Wildman–Crippen MR) is 131 cm³/mol. The Morgan fingerprint density at radius 1 is 1.33 bits per heavy atom. The van der Waals surface area contributed by atoms with Crippen LogP contribution in [0.2, 0.25) is 0 Å². The maximum Gasteiger partial charge on any atom is 0.256 e. The molecule has 178 valence electrons. The number of aromatic nitrogens is 2. The maximum absolute atomic E-state index is 13.4. The Kier molecular flexibility index (Phi) is 7.97. The van der Waals surface area contributed by atoms with Crippen molar-refractivity contribution in [3.05, 3.63) is 68.9 Å². The van der Waals surface area contributed by atoms with Crippen LogP contribution in [-0.2, 0) is 11.3 Å². The summed E-state index contributed by atoms with van der Waals surface area (Å²) in [5.74, 6) is 0.729. The zero-order valence-electron chi connectivity index (χ0n) is 20.3. The average molecular weight is 454 g/mol. The van der Waals surface area contributed by atoms with Crippen molar-refractivity contribution in [3.63, 3.8) is 0 Å². The van der Waals surface area contributed by atoms with Gasteiger partial charge in [0, 0.05) is 41.9 Å². The number of carbonyl (C=O) groups excluding carboxylic acids is 1. The number of H-pyrrole nitrogens is 1. The molecular formula is C26H35N3O4. The minimum atomic E-state index is -0.266. The van der Waals surface area contributed by atoms with Crippen LogP contribution in [0.25, 0.3) is 6.08 Å². The summed E-state index contributed by atoms with van der Waals surface area (Å²) in [5.41, 5.74) is 4.27. The first kappa shape index (κ1) is 24.6. The molecule has 2 N–H and O–H groups in total. The number of amides is 1. The summed E-state index contributed by atoms with van der Waals surface area (Å²) in [6.07, 6.45) is 7.49. The van der Waals surface area contributed by atoms with Crippen molar-refractivity contribution in [2.45, 2.75) is 53.1 Å². The molecule has 1 amide bonds. The number of hydrogen-bond acceptors (Lipinski definition) is 4. The molecule has 1 aliphatic rings. The third-order valence-corrected chi connectivity index (χ3v) is 6.60. The molecule has 2 aromatic rings. The molecule has 0 aliphatic carbocycles. The lowest BCUT2D eigenvalue weighted by atomic mass is 9.92. The van der Waals surface area contributed by atoms with Gasteiger partial charge in [-0.1, -0.05) is 24.8 Å². The van der Waals surface area contributed by atoms with Gasteiger partial charge in [-0.2, -0.15) is 0 Å². The second-order valence-corrected chi connectivity index (χ2v) is 8.63. The summed E-state index contributed by atoms with van der Waals surface area (Å²) in [5, 5.41) is 2.93. The quantitative estimate of drug-likeness (QED) is 0.586. The molecule has 3 rings (SSSR count). The third kappa shape index (κ3) is 5.14. The van der Waals surface area contributed by atoms with Crippen LogP contribution in [0.15, 0.2) is 29.6 Å². The number of pyridine rings is 1. The van der Waals surface area contributed by atoms with Gasteiger partial charge in [-0.25, -0.2) is 0 Å². The average Bonchev–Trinajstić information content (AvgIpc) is 3.05. The molecule has 7 nitrogen and oxygen atoms in total. The SMILES string of the molecule is C=C/C=C\c1c(C(=O)NCc2c(OC)cc(C)[nH]c2=O)c(C)n([C@@H](C)C2CCOCC2)c1C. The number of aryl methyl sites for hydroxylation is 1. The number of allylic oxidation sites excluding steroid dienone is 2. The molecule has 3 heterocycles. The molecule has 0 spiro atoms. The van der Waals surface area contributed by atoms with E-state index in [1.54, 1.807) is 19.1 Å². The zero-order chi connectivity index (χ0) is 24.1. The monoisotopic (exact) mass is 453 g/mol. The van der Waals surface area contributed by atoms with Crippen molar-refractivity contribution in [2.24, 2.45) is 5.92 Å². The van der Waals surface area contributed by atoms with Gasteiger partial charge in [0.2, 0.25) is 0 Å². The van der Waals surface area contributed by atoms with Gasteiger partial charge in [0.25, 0.3) is 11.5 Å². The summed E-state index contributed by atoms with van der Waals surface area (Å²) >= 11 is 0. The predicted octanol–water partition coefficient (Wildman–Crippen LogP) is 4.23. The molecule has 0 saturated carbocycles. The van der Waals surface area contributed by atoms with Crippen LogP contribution in [0.5, 0.6) is 5.75 Å². The van der Waals surface area contributed by atoms with Crippen molar-refractivity contribution in [1.29, 1.82) is 0 Å². The summed E-state index contributed by atoms with van der Waals surface area (Å²) in [7, 11) is 1.52. The van der Waals surface area contributed by atoms with Crippen molar-refractivity contribution < 1.29 is 14.3 Å².